The molecule has 41 heavy (non-hydrogen) atoms. The molecule has 5 N–H and O–H groups in total. The number of esters is 1. The van der Waals surface area contributed by atoms with Crippen LogP contribution in [0.3, 0.4) is 0 Å². The van der Waals surface area contributed by atoms with E-state index in [1.54, 1.807) is 42.6 Å². The summed E-state index contributed by atoms with van der Waals surface area (Å²) in [4.78, 5) is 41.4. The number of carbonyl (C=O) groups is 3. The molecule has 3 aromatic rings. The molecule has 1 aromatic heterocycles. The lowest BCUT2D eigenvalue weighted by Gasteiger charge is -2.19. The lowest BCUT2D eigenvalue weighted by Crippen LogP contribution is -2.49. The molecule has 0 fully saturated rings. The lowest BCUT2D eigenvalue weighted by atomic mass is 10.1. The van der Waals surface area contributed by atoms with Crippen LogP contribution in [-0.2, 0) is 49.6 Å². The Morgan fingerprint density at radius 3 is 2.44 bits per heavy atom. The van der Waals surface area contributed by atoms with Crippen LogP contribution in [0.15, 0.2) is 66.9 Å². The van der Waals surface area contributed by atoms with Crippen molar-refractivity contribution in [2.45, 2.75) is 37.7 Å². The fraction of sp³-hybridized carbons (Fsp3) is 0.286. The van der Waals surface area contributed by atoms with Gasteiger partial charge in [-0.25, -0.2) is 17.9 Å². The molecule has 1 atom stereocenters. The Hall–Kier alpha value is -3.84. The third-order valence-corrected chi connectivity index (χ3v) is 7.66. The zero-order valence-electron chi connectivity index (χ0n) is 22.4. The number of ether oxygens (including phenoxy) is 1. The number of aryl methyl sites for hydroxylation is 1. The second-order valence-electron chi connectivity index (χ2n) is 9.09. The van der Waals surface area contributed by atoms with E-state index in [2.05, 4.69) is 25.1 Å². The number of nitrogens with one attached hydrogen (secondary N) is 3. The van der Waals surface area contributed by atoms with Gasteiger partial charge in [0.15, 0.2) is 0 Å². The van der Waals surface area contributed by atoms with Crippen LogP contribution >= 0.6 is 11.6 Å². The molecule has 0 saturated heterocycles. The number of halogens is 1. The Morgan fingerprint density at radius 1 is 1.02 bits per heavy atom. The lowest BCUT2D eigenvalue weighted by molar-refractivity contribution is -0.127. The minimum atomic E-state index is -3.99. The molecule has 0 spiro atoms. The van der Waals surface area contributed by atoms with Gasteiger partial charge in [-0.1, -0.05) is 35.9 Å². The number of methoxy groups -OCH3 is 1. The van der Waals surface area contributed by atoms with Crippen LogP contribution in [0, 0.1) is 0 Å². The highest BCUT2D eigenvalue weighted by Crippen LogP contribution is 2.16. The molecule has 2 aromatic carbocycles. The number of nitrogens with zero attached hydrogens (tertiary/aromatic N) is 1. The van der Waals surface area contributed by atoms with Crippen molar-refractivity contribution in [2.24, 2.45) is 5.73 Å². The molecular formula is C28H32ClN5O6S. The van der Waals surface area contributed by atoms with Crippen molar-refractivity contribution in [3.05, 3.63) is 99.8 Å². The van der Waals surface area contributed by atoms with E-state index < -0.39 is 39.6 Å². The topological polar surface area (TPSA) is 170 Å². The summed E-state index contributed by atoms with van der Waals surface area (Å²) < 4.78 is 33.1. The van der Waals surface area contributed by atoms with E-state index in [9.17, 15) is 22.8 Å². The SMILES string of the molecule is COC(=O)c1ccc(CS(=O)(=O)NC(CCc2ccccn2)C(=O)NCC(=O)NCc2cc(Cl)ccc2CN)cc1. The Balaban J connectivity index is 1.63. The second kappa shape index (κ2) is 15.2. The van der Waals surface area contributed by atoms with Gasteiger partial charge < -0.3 is 21.1 Å². The second-order valence-corrected chi connectivity index (χ2v) is 11.3. The first-order chi connectivity index (χ1) is 19.6. The van der Waals surface area contributed by atoms with Gasteiger partial charge in [-0.3, -0.25) is 14.6 Å². The molecule has 0 saturated carbocycles. The third kappa shape index (κ3) is 10.3. The molecule has 11 nitrogen and oxygen atoms in total. The number of nitrogens with two attached hydrogens (primary N) is 1. The molecule has 0 aliphatic carbocycles. The Labute approximate surface area is 243 Å². The quantitative estimate of drug-likeness (QED) is 0.203. The van der Waals surface area contributed by atoms with Crippen molar-refractivity contribution in [3.8, 4) is 0 Å². The predicted octanol–water partition coefficient (Wildman–Crippen LogP) is 1.83. The number of amides is 2. The maximum absolute atomic E-state index is 13.0. The van der Waals surface area contributed by atoms with Gasteiger partial charge >= 0.3 is 5.97 Å². The number of rotatable bonds is 14. The zero-order chi connectivity index (χ0) is 29.8. The normalized spacial score (nSPS) is 11.9. The number of hydrogen-bond acceptors (Lipinski definition) is 8. The van der Waals surface area contributed by atoms with Gasteiger partial charge in [-0.05, 0) is 65.9 Å². The van der Waals surface area contributed by atoms with Crippen LogP contribution in [0.5, 0.6) is 0 Å². The summed E-state index contributed by atoms with van der Waals surface area (Å²) in [5.74, 6) is -2.10. The molecule has 0 aliphatic heterocycles. The van der Waals surface area contributed by atoms with Crippen molar-refractivity contribution in [1.82, 2.24) is 20.3 Å². The number of carbonyl (C=O) groups excluding carboxylic acids is 3. The van der Waals surface area contributed by atoms with E-state index in [4.69, 9.17) is 17.3 Å². The fourth-order valence-electron chi connectivity index (χ4n) is 3.92. The fourth-order valence-corrected chi connectivity index (χ4v) is 5.49. The summed E-state index contributed by atoms with van der Waals surface area (Å²) in [6, 6.07) is 15.2. The van der Waals surface area contributed by atoms with Crippen LogP contribution in [0.1, 0.15) is 39.2 Å². The molecule has 0 aliphatic rings. The van der Waals surface area contributed by atoms with Crippen LogP contribution in [0.4, 0.5) is 0 Å². The predicted molar refractivity (Wildman–Crippen MR) is 154 cm³/mol. The highest BCUT2D eigenvalue weighted by Gasteiger charge is 2.25. The summed E-state index contributed by atoms with van der Waals surface area (Å²) in [7, 11) is -2.74. The van der Waals surface area contributed by atoms with E-state index in [1.807, 2.05) is 0 Å². The molecule has 218 valence electrons. The van der Waals surface area contributed by atoms with Gasteiger partial charge in [0, 0.05) is 30.0 Å². The van der Waals surface area contributed by atoms with E-state index in [1.165, 1.54) is 31.4 Å². The smallest absolute Gasteiger partial charge is 0.337 e. The van der Waals surface area contributed by atoms with Gasteiger partial charge in [0.25, 0.3) is 0 Å². The van der Waals surface area contributed by atoms with Crippen LogP contribution in [0.2, 0.25) is 5.02 Å². The average Bonchev–Trinajstić information content (AvgIpc) is 2.97. The van der Waals surface area contributed by atoms with Gasteiger partial charge in [0.2, 0.25) is 21.8 Å². The zero-order valence-corrected chi connectivity index (χ0v) is 24.0. The first-order valence-corrected chi connectivity index (χ1v) is 14.7. The minimum Gasteiger partial charge on any atom is -0.465 e. The number of sulfonamides is 1. The molecule has 3 rings (SSSR count). The standard InChI is InChI=1S/C28H32ClN5O6S/c1-40-28(37)20-7-5-19(6-8-20)18-41(38,39)34-25(12-11-24-4-2-3-13-31-24)27(36)33-17-26(35)32-16-22-14-23(29)10-9-21(22)15-30/h2-10,13-14,25,34H,11-12,15-18,30H2,1H3,(H,32,35)(H,33,36). The van der Waals surface area contributed by atoms with Crippen molar-refractivity contribution in [2.75, 3.05) is 13.7 Å². The summed E-state index contributed by atoms with van der Waals surface area (Å²) in [5, 5.41) is 5.71. The summed E-state index contributed by atoms with van der Waals surface area (Å²) >= 11 is 6.04. The van der Waals surface area contributed by atoms with Crippen molar-refractivity contribution in [1.29, 1.82) is 0 Å². The molecule has 2 amide bonds. The van der Waals surface area contributed by atoms with Crippen molar-refractivity contribution in [3.63, 3.8) is 0 Å². The van der Waals surface area contributed by atoms with Crippen LogP contribution in [0.25, 0.3) is 0 Å². The van der Waals surface area contributed by atoms with Crippen LogP contribution < -0.4 is 21.1 Å². The van der Waals surface area contributed by atoms with E-state index in [0.29, 0.717) is 22.7 Å². The maximum Gasteiger partial charge on any atom is 0.337 e. The number of benzene rings is 2. The Morgan fingerprint density at radius 2 is 1.78 bits per heavy atom. The summed E-state index contributed by atoms with van der Waals surface area (Å²) in [6.07, 6.45) is 2.03. The highest BCUT2D eigenvalue weighted by molar-refractivity contribution is 7.88. The highest BCUT2D eigenvalue weighted by atomic mass is 35.5. The maximum atomic E-state index is 13.0. The molecule has 0 radical (unpaired) electrons. The summed E-state index contributed by atoms with van der Waals surface area (Å²) in [6.45, 7) is 0.0626. The monoisotopic (exact) mass is 601 g/mol. The van der Waals surface area contributed by atoms with Crippen molar-refractivity contribution >= 4 is 39.4 Å². The van der Waals surface area contributed by atoms with E-state index >= 15 is 0 Å². The Bertz CT molecular complexity index is 1450. The van der Waals surface area contributed by atoms with Gasteiger partial charge in [-0.2, -0.15) is 0 Å². The first kappa shape index (κ1) is 31.7. The van der Waals surface area contributed by atoms with Gasteiger partial charge in [0.05, 0.1) is 25.0 Å². The summed E-state index contributed by atoms with van der Waals surface area (Å²) in [5.41, 5.74) is 8.68. The van der Waals surface area contributed by atoms with E-state index in [-0.39, 0.29) is 31.6 Å². The Kier molecular flexibility index (Phi) is 11.8. The van der Waals surface area contributed by atoms with E-state index in [0.717, 1.165) is 11.1 Å². The third-order valence-electron chi connectivity index (χ3n) is 6.07. The molecule has 1 unspecified atom stereocenters. The minimum absolute atomic E-state index is 0.105. The average molecular weight is 602 g/mol. The van der Waals surface area contributed by atoms with Crippen LogP contribution in [-0.4, -0.2) is 50.9 Å². The number of hydrogen-bond donors (Lipinski definition) is 4. The molecule has 0 bridgehead atoms. The van der Waals surface area contributed by atoms with Gasteiger partial charge in [0.1, 0.15) is 6.04 Å². The van der Waals surface area contributed by atoms with Gasteiger partial charge in [-0.15, -0.1) is 0 Å². The molecular weight excluding hydrogens is 570 g/mol. The number of aromatic nitrogens is 1. The van der Waals surface area contributed by atoms with Crippen molar-refractivity contribution < 1.29 is 27.5 Å². The molecule has 13 heteroatoms. The first-order valence-electron chi connectivity index (χ1n) is 12.7. The largest absolute Gasteiger partial charge is 0.465 e. The number of pyridine rings is 1. The molecule has 1 heterocycles.